The molecular formula is C19H27N3O4S. The molecule has 0 N–H and O–H groups in total. The predicted molar refractivity (Wildman–Crippen MR) is 102 cm³/mol. The summed E-state index contributed by atoms with van der Waals surface area (Å²) >= 11 is 0. The maximum atomic E-state index is 13.1. The first kappa shape index (κ1) is 19.8. The van der Waals surface area contributed by atoms with Gasteiger partial charge in [-0.25, -0.2) is 8.42 Å². The first-order chi connectivity index (χ1) is 12.7. The van der Waals surface area contributed by atoms with Crippen molar-refractivity contribution in [1.82, 2.24) is 14.1 Å². The highest BCUT2D eigenvalue weighted by atomic mass is 32.2. The van der Waals surface area contributed by atoms with Crippen LogP contribution in [0.5, 0.6) is 0 Å². The van der Waals surface area contributed by atoms with Crippen LogP contribution >= 0.6 is 0 Å². The largest absolute Gasteiger partial charge is 0.342 e. The minimum absolute atomic E-state index is 0.0308. The molecule has 148 valence electrons. The van der Waals surface area contributed by atoms with Crippen molar-refractivity contribution in [2.45, 2.75) is 26.0 Å². The third-order valence-corrected chi connectivity index (χ3v) is 7.27. The summed E-state index contributed by atoms with van der Waals surface area (Å²) in [6.45, 7) is 5.80. The predicted octanol–water partition coefficient (Wildman–Crippen LogP) is 0.919. The van der Waals surface area contributed by atoms with Gasteiger partial charge in [0.25, 0.3) is 0 Å². The van der Waals surface area contributed by atoms with E-state index in [1.165, 1.54) is 11.2 Å². The molecule has 27 heavy (non-hydrogen) atoms. The van der Waals surface area contributed by atoms with Crippen LogP contribution in [0.4, 0.5) is 0 Å². The third-order valence-electron chi connectivity index (χ3n) is 5.47. The van der Waals surface area contributed by atoms with E-state index in [0.29, 0.717) is 26.2 Å². The van der Waals surface area contributed by atoms with Gasteiger partial charge in [0.2, 0.25) is 21.8 Å². The van der Waals surface area contributed by atoms with Crippen molar-refractivity contribution in [3.63, 3.8) is 0 Å². The molecule has 1 unspecified atom stereocenters. The number of carbonyl (C=O) groups excluding carboxylic acids is 2. The van der Waals surface area contributed by atoms with Gasteiger partial charge in [0.1, 0.15) is 0 Å². The van der Waals surface area contributed by atoms with Gasteiger partial charge in [-0.1, -0.05) is 30.3 Å². The van der Waals surface area contributed by atoms with Crippen LogP contribution in [0.2, 0.25) is 0 Å². The second kappa shape index (κ2) is 7.59. The summed E-state index contributed by atoms with van der Waals surface area (Å²) in [5.74, 6) is -0.127. The van der Waals surface area contributed by atoms with Crippen molar-refractivity contribution in [1.29, 1.82) is 0 Å². The van der Waals surface area contributed by atoms with Gasteiger partial charge >= 0.3 is 0 Å². The lowest BCUT2D eigenvalue weighted by Gasteiger charge is -2.33. The zero-order valence-electron chi connectivity index (χ0n) is 15.9. The van der Waals surface area contributed by atoms with Crippen LogP contribution in [0.15, 0.2) is 30.3 Å². The topological polar surface area (TPSA) is 78.0 Å². The second-order valence-corrected chi connectivity index (χ2v) is 9.57. The first-order valence-electron chi connectivity index (χ1n) is 9.30. The summed E-state index contributed by atoms with van der Waals surface area (Å²) in [6.07, 6.45) is 0.280. The minimum atomic E-state index is -3.55. The molecule has 7 nitrogen and oxygen atoms in total. The Labute approximate surface area is 161 Å². The van der Waals surface area contributed by atoms with Crippen molar-refractivity contribution in [2.75, 3.05) is 39.3 Å². The van der Waals surface area contributed by atoms with E-state index in [1.54, 1.807) is 21.9 Å². The number of hydrogen-bond donors (Lipinski definition) is 0. The van der Waals surface area contributed by atoms with E-state index in [1.807, 2.05) is 25.1 Å². The summed E-state index contributed by atoms with van der Waals surface area (Å²) in [6, 6.07) is 9.09. The molecule has 2 aliphatic rings. The number of hydrogen-bond acceptors (Lipinski definition) is 4. The smallest absolute Gasteiger partial charge is 0.223 e. The minimum Gasteiger partial charge on any atom is -0.342 e. The number of rotatable bonds is 4. The molecule has 1 atom stereocenters. The van der Waals surface area contributed by atoms with E-state index in [9.17, 15) is 18.0 Å². The average Bonchev–Trinajstić information content (AvgIpc) is 2.80. The Morgan fingerprint density at radius 3 is 2.41 bits per heavy atom. The van der Waals surface area contributed by atoms with E-state index in [4.69, 9.17) is 0 Å². The maximum absolute atomic E-state index is 13.1. The standard InChI is InChI=1S/C19H27N3O4S/c1-3-20-13-19(11-18(20)24)14-21(16(2)23)9-10-22(15-19)27(25,26)12-17-7-5-4-6-8-17/h4-8H,3,9-15H2,1-2H3. The molecule has 2 fully saturated rings. The van der Waals surface area contributed by atoms with E-state index < -0.39 is 15.4 Å². The van der Waals surface area contributed by atoms with Crippen LogP contribution in [0.3, 0.4) is 0 Å². The Balaban J connectivity index is 1.88. The van der Waals surface area contributed by atoms with Gasteiger partial charge in [0.05, 0.1) is 5.75 Å². The summed E-state index contributed by atoms with van der Waals surface area (Å²) in [5, 5.41) is 0. The summed E-state index contributed by atoms with van der Waals surface area (Å²) in [7, 11) is -3.55. The Bertz CT molecular complexity index is 812. The molecule has 0 aliphatic carbocycles. The molecule has 2 amide bonds. The van der Waals surface area contributed by atoms with Gasteiger partial charge in [0.15, 0.2) is 0 Å². The molecule has 0 radical (unpaired) electrons. The number of amides is 2. The second-order valence-electron chi connectivity index (χ2n) is 7.60. The van der Waals surface area contributed by atoms with Gasteiger partial charge < -0.3 is 9.80 Å². The van der Waals surface area contributed by atoms with Gasteiger partial charge in [-0.3, -0.25) is 9.59 Å². The molecule has 1 aromatic carbocycles. The van der Waals surface area contributed by atoms with Crippen LogP contribution in [0.25, 0.3) is 0 Å². The SMILES string of the molecule is CCN1CC2(CC1=O)CN(C(C)=O)CCN(S(=O)(=O)Cc1ccccc1)C2. The zero-order valence-corrected chi connectivity index (χ0v) is 16.7. The van der Waals surface area contributed by atoms with E-state index >= 15 is 0 Å². The molecule has 8 heteroatoms. The van der Waals surface area contributed by atoms with Crippen LogP contribution in [-0.4, -0.2) is 73.6 Å². The Morgan fingerprint density at radius 2 is 1.81 bits per heavy atom. The Kier molecular flexibility index (Phi) is 5.58. The highest BCUT2D eigenvalue weighted by Gasteiger charge is 2.48. The lowest BCUT2D eigenvalue weighted by molar-refractivity contribution is -0.130. The van der Waals surface area contributed by atoms with Crippen molar-refractivity contribution >= 4 is 21.8 Å². The van der Waals surface area contributed by atoms with Crippen molar-refractivity contribution in [2.24, 2.45) is 5.41 Å². The van der Waals surface area contributed by atoms with E-state index in [2.05, 4.69) is 0 Å². The highest BCUT2D eigenvalue weighted by molar-refractivity contribution is 7.88. The molecule has 0 saturated carbocycles. The average molecular weight is 394 g/mol. The van der Waals surface area contributed by atoms with Crippen molar-refractivity contribution in [3.8, 4) is 0 Å². The lowest BCUT2D eigenvalue weighted by Crippen LogP contribution is -2.45. The summed E-state index contributed by atoms with van der Waals surface area (Å²) in [4.78, 5) is 27.8. The third kappa shape index (κ3) is 4.32. The van der Waals surface area contributed by atoms with Gasteiger partial charge in [-0.2, -0.15) is 4.31 Å². The van der Waals surface area contributed by atoms with Crippen LogP contribution in [0.1, 0.15) is 25.8 Å². The fraction of sp³-hybridized carbons (Fsp3) is 0.579. The van der Waals surface area contributed by atoms with E-state index in [0.717, 1.165) is 5.56 Å². The number of carbonyl (C=O) groups is 2. The molecule has 0 bridgehead atoms. The number of likely N-dealkylation sites (tertiary alicyclic amines) is 1. The van der Waals surface area contributed by atoms with Crippen LogP contribution in [-0.2, 0) is 25.4 Å². The Hall–Kier alpha value is -1.93. The molecular weight excluding hydrogens is 366 g/mol. The molecule has 0 aromatic heterocycles. The number of sulfonamides is 1. The fourth-order valence-corrected chi connectivity index (χ4v) is 5.71. The van der Waals surface area contributed by atoms with Gasteiger partial charge in [-0.15, -0.1) is 0 Å². The summed E-state index contributed by atoms with van der Waals surface area (Å²) < 4.78 is 27.6. The molecule has 2 aliphatic heterocycles. The monoisotopic (exact) mass is 393 g/mol. The van der Waals surface area contributed by atoms with E-state index in [-0.39, 0.29) is 37.1 Å². The molecule has 1 spiro atoms. The molecule has 2 saturated heterocycles. The van der Waals surface area contributed by atoms with Crippen LogP contribution in [0, 0.1) is 5.41 Å². The van der Waals surface area contributed by atoms with Crippen molar-refractivity contribution in [3.05, 3.63) is 35.9 Å². The normalized spacial score (nSPS) is 24.4. The van der Waals surface area contributed by atoms with Gasteiger partial charge in [-0.05, 0) is 12.5 Å². The van der Waals surface area contributed by atoms with Gasteiger partial charge in [0, 0.05) is 58.0 Å². The molecule has 3 rings (SSSR count). The maximum Gasteiger partial charge on any atom is 0.223 e. The van der Waals surface area contributed by atoms with Crippen molar-refractivity contribution < 1.29 is 18.0 Å². The molecule has 1 aromatic rings. The summed E-state index contributed by atoms with van der Waals surface area (Å²) in [5.41, 5.74) is 0.191. The number of benzene rings is 1. The highest BCUT2D eigenvalue weighted by Crippen LogP contribution is 2.36. The first-order valence-corrected chi connectivity index (χ1v) is 10.9. The molecule has 2 heterocycles. The number of nitrogens with zero attached hydrogens (tertiary/aromatic N) is 3. The lowest BCUT2D eigenvalue weighted by atomic mass is 9.86. The van der Waals surface area contributed by atoms with Crippen LogP contribution < -0.4 is 0 Å². The fourth-order valence-electron chi connectivity index (χ4n) is 4.08. The quantitative estimate of drug-likeness (QED) is 0.762. The Morgan fingerprint density at radius 1 is 1.11 bits per heavy atom. The zero-order chi connectivity index (χ0) is 19.7.